The molecule has 0 spiro atoms. The van der Waals surface area contributed by atoms with Crippen molar-refractivity contribution in [1.29, 1.82) is 0 Å². The number of phosphoric acid groups is 2. The Morgan fingerprint density at radius 1 is 0.292 bits per heavy atom. The highest BCUT2D eigenvalue weighted by atomic mass is 31.2. The van der Waals surface area contributed by atoms with Gasteiger partial charge >= 0.3 is 39.5 Å². The Morgan fingerprint density at radius 3 is 0.740 bits per heavy atom. The van der Waals surface area contributed by atoms with E-state index in [-0.39, 0.29) is 25.7 Å². The quantitative estimate of drug-likeness (QED) is 0.0222. The predicted molar refractivity (Wildman–Crippen MR) is 391 cm³/mol. The zero-order chi connectivity index (χ0) is 71.0. The molecule has 0 saturated carbocycles. The fourth-order valence-electron chi connectivity index (χ4n) is 11.7. The lowest BCUT2D eigenvalue weighted by Gasteiger charge is -2.21. The molecule has 0 saturated heterocycles. The second-order valence-electron chi connectivity index (χ2n) is 29.4. The number of carbonyl (C=O) groups excluding carboxylic acids is 4. The number of hydrogen-bond acceptors (Lipinski definition) is 15. The highest BCUT2D eigenvalue weighted by Gasteiger charge is 2.30. The summed E-state index contributed by atoms with van der Waals surface area (Å²) in [4.78, 5) is 72.8. The van der Waals surface area contributed by atoms with Crippen LogP contribution in [-0.2, 0) is 65.4 Å². The molecular formula is C77H150O17P2. The van der Waals surface area contributed by atoms with Crippen LogP contribution in [0.1, 0.15) is 389 Å². The summed E-state index contributed by atoms with van der Waals surface area (Å²) in [5.74, 6) is 0.902. The smallest absolute Gasteiger partial charge is 0.462 e. The van der Waals surface area contributed by atoms with E-state index in [9.17, 15) is 43.2 Å². The SMILES string of the molecule is CCC(C)CCCCCCCCC(=O)OC[C@H](COP(=O)(O)OC[C@H](O)COP(=O)(O)OC[C@@H](COC(=O)CCCCCCCCCCCCCCCCCCCCC(C)C)OC(=O)CCCCCCCCCC(C)C)OC(=O)CCCCCCCCCCCCCCC(C)C. The van der Waals surface area contributed by atoms with E-state index >= 15 is 0 Å². The highest BCUT2D eigenvalue weighted by molar-refractivity contribution is 7.47. The Hall–Kier alpha value is -1.94. The summed E-state index contributed by atoms with van der Waals surface area (Å²) in [6, 6.07) is 0. The second-order valence-corrected chi connectivity index (χ2v) is 32.3. The van der Waals surface area contributed by atoms with Gasteiger partial charge in [-0.05, 0) is 49.4 Å². The molecule has 0 aliphatic carbocycles. The summed E-state index contributed by atoms with van der Waals surface area (Å²) >= 11 is 0. The standard InChI is InChI=1S/C77H150O17P2/c1-9-70(8)56-48-40-35-36-42-50-58-75(80)88-64-73(93-76(81)59-51-43-33-27-23-19-18-21-25-30-38-46-54-68(4)5)66-92-96(85,86)90-62-71(78)61-89-95(83,84)91-65-72(94-77(82)60-52-44-34-28-31-39-47-55-69(6)7)63-87-74(79)57-49-41-32-26-22-17-15-13-11-10-12-14-16-20-24-29-37-45-53-67(2)3/h67-73,78H,9-66H2,1-8H3,(H,83,84)(H,85,86)/t70?,71-,72-,73-/m1/s1. The van der Waals surface area contributed by atoms with Crippen molar-refractivity contribution in [2.75, 3.05) is 39.6 Å². The summed E-state index contributed by atoms with van der Waals surface area (Å²) in [5, 5.41) is 10.6. The third-order valence-electron chi connectivity index (χ3n) is 18.2. The van der Waals surface area contributed by atoms with Gasteiger partial charge in [0.05, 0.1) is 26.4 Å². The first-order chi connectivity index (χ1) is 46.1. The van der Waals surface area contributed by atoms with Crippen molar-refractivity contribution in [3.8, 4) is 0 Å². The van der Waals surface area contributed by atoms with Gasteiger partial charge in [0.1, 0.15) is 19.3 Å². The van der Waals surface area contributed by atoms with Crippen LogP contribution in [0.3, 0.4) is 0 Å². The normalized spacial score (nSPS) is 14.4. The van der Waals surface area contributed by atoms with E-state index in [1.165, 1.54) is 186 Å². The number of unbranched alkanes of at least 4 members (excludes halogenated alkanes) is 39. The van der Waals surface area contributed by atoms with Crippen molar-refractivity contribution in [3.05, 3.63) is 0 Å². The van der Waals surface area contributed by atoms with Gasteiger partial charge in [-0.2, -0.15) is 0 Å². The maximum absolute atomic E-state index is 13.1. The zero-order valence-electron chi connectivity index (χ0n) is 63.0. The van der Waals surface area contributed by atoms with E-state index in [1.54, 1.807) is 0 Å². The minimum absolute atomic E-state index is 0.103. The van der Waals surface area contributed by atoms with Crippen LogP contribution in [0.5, 0.6) is 0 Å². The lowest BCUT2D eigenvalue weighted by molar-refractivity contribution is -0.161. The molecular weight excluding hydrogens is 1260 g/mol. The average molecular weight is 1410 g/mol. The molecule has 0 aromatic rings. The number of ether oxygens (including phenoxy) is 4. The van der Waals surface area contributed by atoms with E-state index in [0.717, 1.165) is 114 Å². The van der Waals surface area contributed by atoms with Crippen molar-refractivity contribution in [2.45, 2.75) is 408 Å². The molecule has 0 aromatic carbocycles. The van der Waals surface area contributed by atoms with Crippen molar-refractivity contribution in [2.24, 2.45) is 23.7 Å². The Bertz CT molecular complexity index is 1890. The van der Waals surface area contributed by atoms with Crippen LogP contribution in [0.4, 0.5) is 0 Å². The van der Waals surface area contributed by atoms with Crippen LogP contribution in [0.15, 0.2) is 0 Å². The van der Waals surface area contributed by atoms with E-state index in [0.29, 0.717) is 31.6 Å². The zero-order valence-corrected chi connectivity index (χ0v) is 64.8. The monoisotopic (exact) mass is 1410 g/mol. The molecule has 0 fully saturated rings. The summed E-state index contributed by atoms with van der Waals surface area (Å²) < 4.78 is 68.5. The van der Waals surface area contributed by atoms with E-state index in [4.69, 9.17) is 37.0 Å². The number of aliphatic hydroxyl groups excluding tert-OH is 1. The Balaban J connectivity index is 5.15. The number of rotatable bonds is 74. The van der Waals surface area contributed by atoms with E-state index in [1.807, 2.05) is 0 Å². The largest absolute Gasteiger partial charge is 0.472 e. The molecule has 17 nitrogen and oxygen atoms in total. The van der Waals surface area contributed by atoms with Gasteiger partial charge in [0.25, 0.3) is 0 Å². The number of carbonyl (C=O) groups is 4. The molecule has 0 aliphatic rings. The minimum Gasteiger partial charge on any atom is -0.462 e. The number of hydrogen-bond donors (Lipinski definition) is 3. The van der Waals surface area contributed by atoms with Gasteiger partial charge in [0.15, 0.2) is 12.2 Å². The summed E-state index contributed by atoms with van der Waals surface area (Å²) in [6.45, 7) is 14.1. The van der Waals surface area contributed by atoms with Crippen molar-refractivity contribution in [1.82, 2.24) is 0 Å². The maximum Gasteiger partial charge on any atom is 0.472 e. The number of phosphoric ester groups is 2. The Kier molecular flexibility index (Phi) is 65.0. The molecule has 3 unspecified atom stereocenters. The van der Waals surface area contributed by atoms with Crippen LogP contribution in [0.25, 0.3) is 0 Å². The van der Waals surface area contributed by atoms with Crippen LogP contribution >= 0.6 is 15.6 Å². The molecule has 0 bridgehead atoms. The predicted octanol–water partition coefficient (Wildman–Crippen LogP) is 22.4. The molecule has 19 heteroatoms. The lowest BCUT2D eigenvalue weighted by atomic mass is 10.00. The first-order valence-corrected chi connectivity index (χ1v) is 42.7. The molecule has 0 heterocycles. The second kappa shape index (κ2) is 66.3. The van der Waals surface area contributed by atoms with Gasteiger partial charge in [0.2, 0.25) is 0 Å². The Labute approximate surface area is 588 Å². The molecule has 3 N–H and O–H groups in total. The van der Waals surface area contributed by atoms with Crippen molar-refractivity contribution in [3.63, 3.8) is 0 Å². The Morgan fingerprint density at radius 2 is 0.500 bits per heavy atom. The van der Waals surface area contributed by atoms with Gasteiger partial charge in [0, 0.05) is 25.7 Å². The molecule has 0 rings (SSSR count). The topological polar surface area (TPSA) is 237 Å². The summed E-state index contributed by atoms with van der Waals surface area (Å²) in [5.41, 5.74) is 0. The van der Waals surface area contributed by atoms with E-state index < -0.39 is 97.5 Å². The number of aliphatic hydroxyl groups is 1. The fraction of sp³-hybridized carbons (Fsp3) is 0.948. The van der Waals surface area contributed by atoms with Gasteiger partial charge in [-0.1, -0.05) is 338 Å². The van der Waals surface area contributed by atoms with Crippen molar-refractivity contribution < 1.29 is 80.2 Å². The molecule has 0 aliphatic heterocycles. The molecule has 6 atom stereocenters. The molecule has 0 amide bonds. The van der Waals surface area contributed by atoms with Crippen molar-refractivity contribution >= 4 is 39.5 Å². The van der Waals surface area contributed by atoms with Gasteiger partial charge in [-0.15, -0.1) is 0 Å². The summed E-state index contributed by atoms with van der Waals surface area (Å²) in [6.07, 6.45) is 51.6. The first-order valence-electron chi connectivity index (χ1n) is 39.7. The minimum atomic E-state index is -4.96. The third kappa shape index (κ3) is 69.2. The van der Waals surface area contributed by atoms with Crippen LogP contribution in [0.2, 0.25) is 0 Å². The van der Waals surface area contributed by atoms with Gasteiger partial charge in [-0.3, -0.25) is 37.3 Å². The molecule has 96 heavy (non-hydrogen) atoms. The van der Waals surface area contributed by atoms with Crippen LogP contribution in [0, 0.1) is 23.7 Å². The number of esters is 4. The van der Waals surface area contributed by atoms with Crippen LogP contribution < -0.4 is 0 Å². The van der Waals surface area contributed by atoms with Crippen LogP contribution in [-0.4, -0.2) is 96.7 Å². The maximum atomic E-state index is 13.1. The van der Waals surface area contributed by atoms with E-state index in [2.05, 4.69) is 55.4 Å². The average Bonchev–Trinajstić information content (AvgIpc) is 1.40. The lowest BCUT2D eigenvalue weighted by Crippen LogP contribution is -2.30. The molecule has 0 aromatic heterocycles. The van der Waals surface area contributed by atoms with Gasteiger partial charge in [-0.25, -0.2) is 9.13 Å². The molecule has 0 radical (unpaired) electrons. The highest BCUT2D eigenvalue weighted by Crippen LogP contribution is 2.45. The molecule has 570 valence electrons. The van der Waals surface area contributed by atoms with Gasteiger partial charge < -0.3 is 33.8 Å². The summed E-state index contributed by atoms with van der Waals surface area (Å²) in [7, 11) is -9.91. The fourth-order valence-corrected chi connectivity index (χ4v) is 13.3. The first kappa shape index (κ1) is 94.1. The third-order valence-corrected chi connectivity index (χ3v) is 20.1.